The second-order valence-corrected chi connectivity index (χ2v) is 6.37. The van der Waals surface area contributed by atoms with Crippen LogP contribution in [0.2, 0.25) is 0 Å². The van der Waals surface area contributed by atoms with E-state index in [1.807, 2.05) is 0 Å². The molecule has 1 aliphatic heterocycles. The number of hydrogen-bond donors (Lipinski definition) is 2. The summed E-state index contributed by atoms with van der Waals surface area (Å²) in [6.45, 7) is 11.3. The van der Waals surface area contributed by atoms with E-state index in [2.05, 4.69) is 56.6 Å². The number of piperazine rings is 1. The first-order valence-corrected chi connectivity index (χ1v) is 9.21. The SMILES string of the molecule is CCN1CCN(Cc2ccc(CNC(=NC)NCCOC)cc2)CC1. The predicted octanol–water partition coefficient (Wildman–Crippen LogP) is 1.14. The third-order valence-electron chi connectivity index (χ3n) is 4.62. The molecular formula is C19H33N5O. The van der Waals surface area contributed by atoms with E-state index in [1.165, 1.54) is 43.9 Å². The summed E-state index contributed by atoms with van der Waals surface area (Å²) in [4.78, 5) is 9.27. The largest absolute Gasteiger partial charge is 0.383 e. The zero-order valence-corrected chi connectivity index (χ0v) is 15.9. The van der Waals surface area contributed by atoms with Crippen molar-refractivity contribution in [1.82, 2.24) is 20.4 Å². The van der Waals surface area contributed by atoms with Gasteiger partial charge >= 0.3 is 0 Å². The molecule has 1 heterocycles. The Kier molecular flexibility index (Phi) is 8.72. The monoisotopic (exact) mass is 347 g/mol. The fraction of sp³-hybridized carbons (Fsp3) is 0.632. The first kappa shape index (κ1) is 19.7. The number of benzene rings is 1. The fourth-order valence-corrected chi connectivity index (χ4v) is 2.96. The Bertz CT molecular complexity index is 509. The van der Waals surface area contributed by atoms with E-state index in [9.17, 15) is 0 Å². The van der Waals surface area contributed by atoms with Crippen LogP contribution >= 0.6 is 0 Å². The average Bonchev–Trinajstić information content (AvgIpc) is 2.66. The number of nitrogens with one attached hydrogen (secondary N) is 2. The molecule has 1 fully saturated rings. The number of methoxy groups -OCH3 is 1. The third-order valence-corrected chi connectivity index (χ3v) is 4.62. The standard InChI is InChI=1S/C19H33N5O/c1-4-23-10-12-24(13-11-23)16-18-7-5-17(6-8-18)15-22-19(20-2)21-9-14-25-3/h5-8H,4,9-16H2,1-3H3,(H2,20,21,22). The maximum atomic E-state index is 5.04. The lowest BCUT2D eigenvalue weighted by Crippen LogP contribution is -2.45. The Balaban J connectivity index is 1.74. The molecule has 1 aromatic carbocycles. The molecule has 1 aliphatic rings. The van der Waals surface area contributed by atoms with Crippen molar-refractivity contribution >= 4 is 5.96 Å². The number of ether oxygens (including phenoxy) is 1. The summed E-state index contributed by atoms with van der Waals surface area (Å²) in [5.74, 6) is 0.801. The van der Waals surface area contributed by atoms with E-state index in [0.717, 1.165) is 25.6 Å². The van der Waals surface area contributed by atoms with Gasteiger partial charge in [-0.05, 0) is 17.7 Å². The minimum absolute atomic E-state index is 0.669. The molecule has 6 nitrogen and oxygen atoms in total. The van der Waals surface area contributed by atoms with E-state index in [0.29, 0.717) is 6.61 Å². The smallest absolute Gasteiger partial charge is 0.191 e. The van der Waals surface area contributed by atoms with Crippen molar-refractivity contribution in [3.8, 4) is 0 Å². The molecule has 2 rings (SSSR count). The zero-order valence-electron chi connectivity index (χ0n) is 15.9. The molecule has 2 N–H and O–H groups in total. The highest BCUT2D eigenvalue weighted by atomic mass is 16.5. The van der Waals surface area contributed by atoms with Crippen molar-refractivity contribution in [2.75, 3.05) is 60.0 Å². The lowest BCUT2D eigenvalue weighted by Gasteiger charge is -2.34. The van der Waals surface area contributed by atoms with Gasteiger partial charge in [-0.25, -0.2) is 0 Å². The third kappa shape index (κ3) is 7.02. The van der Waals surface area contributed by atoms with Crippen LogP contribution in [-0.4, -0.2) is 75.8 Å². The first-order chi connectivity index (χ1) is 12.2. The van der Waals surface area contributed by atoms with Crippen LogP contribution in [-0.2, 0) is 17.8 Å². The fourth-order valence-electron chi connectivity index (χ4n) is 2.96. The second kappa shape index (κ2) is 11.1. The maximum absolute atomic E-state index is 5.04. The molecule has 25 heavy (non-hydrogen) atoms. The van der Waals surface area contributed by atoms with Crippen molar-refractivity contribution in [2.45, 2.75) is 20.0 Å². The normalized spacial score (nSPS) is 16.8. The van der Waals surface area contributed by atoms with Crippen LogP contribution in [0.1, 0.15) is 18.1 Å². The highest BCUT2D eigenvalue weighted by Crippen LogP contribution is 2.10. The Labute approximate surface area is 152 Å². The summed E-state index contributed by atoms with van der Waals surface area (Å²) in [5.41, 5.74) is 2.64. The molecule has 0 aromatic heterocycles. The molecule has 0 saturated carbocycles. The first-order valence-electron chi connectivity index (χ1n) is 9.21. The molecule has 1 saturated heterocycles. The van der Waals surface area contributed by atoms with Crippen molar-refractivity contribution in [1.29, 1.82) is 0 Å². The van der Waals surface area contributed by atoms with Gasteiger partial charge in [0.05, 0.1) is 6.61 Å². The van der Waals surface area contributed by atoms with Crippen LogP contribution in [0.25, 0.3) is 0 Å². The van der Waals surface area contributed by atoms with Gasteiger partial charge in [0.2, 0.25) is 0 Å². The van der Waals surface area contributed by atoms with E-state index in [4.69, 9.17) is 4.74 Å². The van der Waals surface area contributed by atoms with Gasteiger partial charge in [0.1, 0.15) is 0 Å². The summed E-state index contributed by atoms with van der Waals surface area (Å²) in [6, 6.07) is 8.88. The van der Waals surface area contributed by atoms with Gasteiger partial charge in [0.15, 0.2) is 5.96 Å². The van der Waals surface area contributed by atoms with Gasteiger partial charge in [-0.2, -0.15) is 0 Å². The summed E-state index contributed by atoms with van der Waals surface area (Å²) < 4.78 is 5.04. The zero-order chi connectivity index (χ0) is 17.9. The van der Waals surface area contributed by atoms with Gasteiger partial charge in [0.25, 0.3) is 0 Å². The van der Waals surface area contributed by atoms with E-state index in [1.54, 1.807) is 14.2 Å². The van der Waals surface area contributed by atoms with Crippen LogP contribution in [0.4, 0.5) is 0 Å². The second-order valence-electron chi connectivity index (χ2n) is 6.37. The number of nitrogens with zero attached hydrogens (tertiary/aromatic N) is 3. The maximum Gasteiger partial charge on any atom is 0.191 e. The van der Waals surface area contributed by atoms with Gasteiger partial charge in [-0.15, -0.1) is 0 Å². The summed E-state index contributed by atoms with van der Waals surface area (Å²) in [5, 5.41) is 6.54. The molecule has 0 atom stereocenters. The summed E-state index contributed by atoms with van der Waals surface area (Å²) >= 11 is 0. The van der Waals surface area contributed by atoms with Crippen molar-refractivity contribution < 1.29 is 4.74 Å². The molecule has 0 aliphatic carbocycles. The van der Waals surface area contributed by atoms with Crippen molar-refractivity contribution in [3.05, 3.63) is 35.4 Å². The van der Waals surface area contributed by atoms with E-state index in [-0.39, 0.29) is 0 Å². The van der Waals surface area contributed by atoms with Crippen LogP contribution in [0, 0.1) is 0 Å². The minimum Gasteiger partial charge on any atom is -0.383 e. The van der Waals surface area contributed by atoms with Gasteiger partial charge in [0, 0.05) is 60.0 Å². The van der Waals surface area contributed by atoms with Crippen molar-refractivity contribution in [2.24, 2.45) is 4.99 Å². The molecular weight excluding hydrogens is 314 g/mol. The molecule has 6 heteroatoms. The van der Waals surface area contributed by atoms with Gasteiger partial charge < -0.3 is 20.3 Å². The van der Waals surface area contributed by atoms with Crippen molar-refractivity contribution in [3.63, 3.8) is 0 Å². The topological polar surface area (TPSA) is 52.1 Å². The highest BCUT2D eigenvalue weighted by Gasteiger charge is 2.15. The molecule has 0 bridgehead atoms. The minimum atomic E-state index is 0.669. The Morgan fingerprint density at radius 2 is 1.68 bits per heavy atom. The molecule has 1 aromatic rings. The Morgan fingerprint density at radius 3 is 2.28 bits per heavy atom. The molecule has 0 unspecified atom stereocenters. The Morgan fingerprint density at radius 1 is 1.04 bits per heavy atom. The lowest BCUT2D eigenvalue weighted by atomic mass is 10.1. The average molecular weight is 348 g/mol. The lowest BCUT2D eigenvalue weighted by molar-refractivity contribution is 0.132. The predicted molar refractivity (Wildman–Crippen MR) is 104 cm³/mol. The van der Waals surface area contributed by atoms with Gasteiger partial charge in [-0.1, -0.05) is 31.2 Å². The number of rotatable bonds is 8. The molecule has 0 spiro atoms. The van der Waals surface area contributed by atoms with E-state index < -0.39 is 0 Å². The summed E-state index contributed by atoms with van der Waals surface area (Å²) in [7, 11) is 3.48. The number of aliphatic imine (C=N–C) groups is 1. The Hall–Kier alpha value is -1.63. The molecule has 0 amide bonds. The molecule has 0 radical (unpaired) electrons. The van der Waals surface area contributed by atoms with Crippen LogP contribution < -0.4 is 10.6 Å². The van der Waals surface area contributed by atoms with Crippen LogP contribution in [0.5, 0.6) is 0 Å². The van der Waals surface area contributed by atoms with Crippen LogP contribution in [0.3, 0.4) is 0 Å². The van der Waals surface area contributed by atoms with Crippen LogP contribution in [0.15, 0.2) is 29.3 Å². The highest BCUT2D eigenvalue weighted by molar-refractivity contribution is 5.79. The van der Waals surface area contributed by atoms with E-state index >= 15 is 0 Å². The summed E-state index contributed by atoms with van der Waals surface area (Å²) in [6.07, 6.45) is 0. The number of likely N-dealkylation sites (N-methyl/N-ethyl adjacent to an activating group) is 1. The molecule has 140 valence electrons. The quantitative estimate of drug-likeness (QED) is 0.420. The number of hydrogen-bond acceptors (Lipinski definition) is 4. The van der Waals surface area contributed by atoms with Gasteiger partial charge in [-0.3, -0.25) is 9.89 Å². The number of guanidine groups is 1.